The van der Waals surface area contributed by atoms with E-state index in [1.807, 2.05) is 18.2 Å². The van der Waals surface area contributed by atoms with Crippen LogP contribution in [0.5, 0.6) is 5.75 Å². The third-order valence-electron chi connectivity index (χ3n) is 5.67. The van der Waals surface area contributed by atoms with Crippen LogP contribution in [0.25, 0.3) is 0 Å². The Kier molecular flexibility index (Phi) is 6.34. The molecule has 2 heterocycles. The number of aliphatic hydroxyl groups excluding tert-OH is 1. The van der Waals surface area contributed by atoms with E-state index in [4.69, 9.17) is 4.74 Å². The van der Waals surface area contributed by atoms with E-state index in [9.17, 15) is 9.90 Å². The van der Waals surface area contributed by atoms with Crippen molar-refractivity contribution in [2.75, 3.05) is 31.6 Å². The molecular formula is C24H28N4O3. The quantitative estimate of drug-likeness (QED) is 0.636. The van der Waals surface area contributed by atoms with Crippen molar-refractivity contribution in [3.8, 4) is 5.75 Å². The van der Waals surface area contributed by atoms with E-state index in [1.165, 1.54) is 11.1 Å². The largest absolute Gasteiger partial charge is 0.491 e. The number of amides is 1. The Bertz CT molecular complexity index is 1050. The normalized spacial score (nSPS) is 14.7. The number of carbonyl (C=O) groups excluding carboxylic acids is 1. The fourth-order valence-corrected chi connectivity index (χ4v) is 3.89. The number of anilines is 1. The van der Waals surface area contributed by atoms with Crippen LogP contribution >= 0.6 is 0 Å². The summed E-state index contributed by atoms with van der Waals surface area (Å²) in [6, 6.07) is 15.8. The molecule has 1 unspecified atom stereocenters. The van der Waals surface area contributed by atoms with Crippen molar-refractivity contribution in [3.05, 3.63) is 77.9 Å². The van der Waals surface area contributed by atoms with Gasteiger partial charge in [0.25, 0.3) is 5.91 Å². The van der Waals surface area contributed by atoms with Crippen LogP contribution in [0, 0.1) is 0 Å². The first kappa shape index (κ1) is 21.1. The molecule has 0 saturated carbocycles. The first-order valence-corrected chi connectivity index (χ1v) is 10.5. The molecule has 7 nitrogen and oxygen atoms in total. The van der Waals surface area contributed by atoms with Gasteiger partial charge in [-0.15, -0.1) is 0 Å². The molecular weight excluding hydrogens is 392 g/mol. The predicted octanol–water partition coefficient (Wildman–Crippen LogP) is 2.49. The Morgan fingerprint density at radius 1 is 1.23 bits per heavy atom. The second-order valence-electron chi connectivity index (χ2n) is 7.97. The first-order chi connectivity index (χ1) is 15.0. The summed E-state index contributed by atoms with van der Waals surface area (Å²) in [6.07, 6.45) is 3.56. The van der Waals surface area contributed by atoms with Gasteiger partial charge >= 0.3 is 0 Å². The topological polar surface area (TPSA) is 70.8 Å². The highest BCUT2D eigenvalue weighted by molar-refractivity contribution is 6.04. The second-order valence-corrected chi connectivity index (χ2v) is 7.97. The zero-order chi connectivity index (χ0) is 21.8. The molecule has 3 aromatic rings. The summed E-state index contributed by atoms with van der Waals surface area (Å²) in [4.78, 5) is 20.5. The summed E-state index contributed by atoms with van der Waals surface area (Å²) >= 11 is 0. The van der Waals surface area contributed by atoms with Gasteiger partial charge in [-0.05, 0) is 29.7 Å². The SMILES string of the molecule is CN(C(=O)c1cncn1C)c1cccc(OCC(O)CN2CCc3ccccc3C2)c1. The molecule has 7 heteroatoms. The molecule has 4 rings (SSSR count). The molecule has 1 aliphatic rings. The predicted molar refractivity (Wildman–Crippen MR) is 119 cm³/mol. The van der Waals surface area contributed by atoms with Gasteiger partial charge in [-0.25, -0.2) is 4.98 Å². The smallest absolute Gasteiger partial charge is 0.276 e. The zero-order valence-electron chi connectivity index (χ0n) is 17.9. The average Bonchev–Trinajstić information content (AvgIpc) is 3.22. The van der Waals surface area contributed by atoms with Crippen molar-refractivity contribution >= 4 is 11.6 Å². The summed E-state index contributed by atoms with van der Waals surface area (Å²) in [6.45, 7) is 2.54. The molecule has 0 fully saturated rings. The van der Waals surface area contributed by atoms with Gasteiger partial charge < -0.3 is 19.3 Å². The standard InChI is InChI=1S/C24H28N4O3/c1-26-17-25-13-23(26)24(30)27(2)20-8-5-9-22(12-20)31-16-21(29)15-28-11-10-18-6-3-4-7-19(18)14-28/h3-9,12-13,17,21,29H,10-11,14-16H2,1-2H3. The minimum absolute atomic E-state index is 0.150. The zero-order valence-corrected chi connectivity index (χ0v) is 17.9. The third kappa shape index (κ3) is 4.95. The van der Waals surface area contributed by atoms with Gasteiger partial charge in [0.15, 0.2) is 0 Å². The third-order valence-corrected chi connectivity index (χ3v) is 5.67. The van der Waals surface area contributed by atoms with Crippen molar-refractivity contribution in [2.45, 2.75) is 19.1 Å². The lowest BCUT2D eigenvalue weighted by atomic mass is 10.00. The van der Waals surface area contributed by atoms with E-state index < -0.39 is 6.10 Å². The van der Waals surface area contributed by atoms with Crippen LogP contribution in [-0.2, 0) is 20.0 Å². The number of nitrogens with zero attached hydrogens (tertiary/aromatic N) is 4. The molecule has 0 saturated heterocycles. The fourth-order valence-electron chi connectivity index (χ4n) is 3.89. The molecule has 0 aliphatic carbocycles. The van der Waals surface area contributed by atoms with Crippen LogP contribution < -0.4 is 9.64 Å². The Hall–Kier alpha value is -3.16. The maximum atomic E-state index is 12.7. The molecule has 31 heavy (non-hydrogen) atoms. The van der Waals surface area contributed by atoms with Crippen molar-refractivity contribution in [2.24, 2.45) is 7.05 Å². The number of benzene rings is 2. The lowest BCUT2D eigenvalue weighted by molar-refractivity contribution is 0.0638. The number of rotatable bonds is 7. The molecule has 1 aromatic heterocycles. The van der Waals surface area contributed by atoms with Gasteiger partial charge in [-0.2, -0.15) is 0 Å². The van der Waals surface area contributed by atoms with Gasteiger partial charge in [0.05, 0.1) is 12.5 Å². The summed E-state index contributed by atoms with van der Waals surface area (Å²) in [5.74, 6) is 0.466. The Morgan fingerprint density at radius 2 is 2.03 bits per heavy atom. The number of imidazole rings is 1. The van der Waals surface area contributed by atoms with Crippen LogP contribution in [0.15, 0.2) is 61.1 Å². The van der Waals surface area contributed by atoms with Crippen LogP contribution in [0.3, 0.4) is 0 Å². The molecule has 2 aromatic carbocycles. The van der Waals surface area contributed by atoms with Crippen molar-refractivity contribution in [1.29, 1.82) is 0 Å². The highest BCUT2D eigenvalue weighted by Gasteiger charge is 2.20. The van der Waals surface area contributed by atoms with E-state index in [1.54, 1.807) is 42.2 Å². The van der Waals surface area contributed by atoms with E-state index in [0.717, 1.165) is 19.5 Å². The van der Waals surface area contributed by atoms with Crippen molar-refractivity contribution in [1.82, 2.24) is 14.5 Å². The van der Waals surface area contributed by atoms with E-state index >= 15 is 0 Å². The minimum atomic E-state index is -0.595. The number of fused-ring (bicyclic) bond motifs is 1. The number of β-amino-alcohol motifs (C(OH)–C–C–N with tert-alkyl or cyclic N) is 1. The Morgan fingerprint density at radius 3 is 2.81 bits per heavy atom. The molecule has 162 valence electrons. The maximum absolute atomic E-state index is 12.7. The van der Waals surface area contributed by atoms with Crippen molar-refractivity contribution in [3.63, 3.8) is 0 Å². The number of carbonyl (C=O) groups is 1. The number of aromatic nitrogens is 2. The van der Waals surface area contributed by atoms with Crippen LogP contribution in [-0.4, -0.2) is 58.3 Å². The molecule has 1 N–H and O–H groups in total. The molecule has 0 spiro atoms. The van der Waals surface area contributed by atoms with E-state index in [-0.39, 0.29) is 12.5 Å². The van der Waals surface area contributed by atoms with Crippen LogP contribution in [0.2, 0.25) is 0 Å². The number of hydrogen-bond acceptors (Lipinski definition) is 5. The maximum Gasteiger partial charge on any atom is 0.276 e. The Balaban J connectivity index is 1.32. The second kappa shape index (κ2) is 9.32. The van der Waals surface area contributed by atoms with Gasteiger partial charge in [0.1, 0.15) is 24.2 Å². The lowest BCUT2D eigenvalue weighted by Gasteiger charge is -2.30. The number of aliphatic hydroxyl groups is 1. The monoisotopic (exact) mass is 420 g/mol. The summed E-state index contributed by atoms with van der Waals surface area (Å²) in [5.41, 5.74) is 3.94. The Labute approximate surface area is 182 Å². The fraction of sp³-hybridized carbons (Fsp3) is 0.333. The highest BCUT2D eigenvalue weighted by atomic mass is 16.5. The van der Waals surface area contributed by atoms with E-state index in [2.05, 4.69) is 34.1 Å². The molecule has 1 aliphatic heterocycles. The summed E-state index contributed by atoms with van der Waals surface area (Å²) in [5, 5.41) is 10.5. The van der Waals surface area contributed by atoms with E-state index in [0.29, 0.717) is 23.7 Å². The highest BCUT2D eigenvalue weighted by Crippen LogP contribution is 2.22. The van der Waals surface area contributed by atoms with Gasteiger partial charge in [0, 0.05) is 45.5 Å². The molecule has 1 atom stereocenters. The van der Waals surface area contributed by atoms with Crippen LogP contribution in [0.1, 0.15) is 21.6 Å². The number of hydrogen-bond donors (Lipinski definition) is 1. The molecule has 0 bridgehead atoms. The minimum Gasteiger partial charge on any atom is -0.491 e. The number of ether oxygens (including phenoxy) is 1. The van der Waals surface area contributed by atoms with Crippen LogP contribution in [0.4, 0.5) is 5.69 Å². The first-order valence-electron chi connectivity index (χ1n) is 10.5. The summed E-state index contributed by atoms with van der Waals surface area (Å²) < 4.78 is 7.52. The van der Waals surface area contributed by atoms with Gasteiger partial charge in [-0.1, -0.05) is 30.3 Å². The number of aryl methyl sites for hydroxylation is 1. The molecule has 1 amide bonds. The molecule has 0 radical (unpaired) electrons. The van der Waals surface area contributed by atoms with Gasteiger partial charge in [-0.3, -0.25) is 9.69 Å². The van der Waals surface area contributed by atoms with Gasteiger partial charge in [0.2, 0.25) is 0 Å². The summed E-state index contributed by atoms with van der Waals surface area (Å²) in [7, 11) is 3.51. The lowest BCUT2D eigenvalue weighted by Crippen LogP contribution is -2.38. The average molecular weight is 421 g/mol. The van der Waals surface area contributed by atoms with Crippen molar-refractivity contribution < 1.29 is 14.6 Å².